The molecule has 0 aliphatic heterocycles. The number of aliphatic hydroxyl groups is 1. The van der Waals surface area contributed by atoms with E-state index < -0.39 is 0 Å². The minimum Gasteiger partial charge on any atom is -0.395 e. The molecule has 0 fully saturated rings. The van der Waals surface area contributed by atoms with Gasteiger partial charge in [0, 0.05) is 30.5 Å². The summed E-state index contributed by atoms with van der Waals surface area (Å²) in [6.45, 7) is 4.74. The molecule has 2 rings (SSSR count). The number of likely N-dealkylation sites (N-methyl/N-ethyl adjacent to an activating group) is 1. The van der Waals surface area contributed by atoms with Crippen LogP contribution in [0.25, 0.3) is 0 Å². The molecule has 1 amide bonds. The molecule has 0 spiro atoms. The van der Waals surface area contributed by atoms with Crippen LogP contribution in [-0.2, 0) is 0 Å². The van der Waals surface area contributed by atoms with Crippen molar-refractivity contribution in [2.45, 2.75) is 13.8 Å². The van der Waals surface area contributed by atoms with Crippen LogP contribution < -0.4 is 10.2 Å². The summed E-state index contributed by atoms with van der Waals surface area (Å²) in [5.41, 5.74) is 4.73. The number of rotatable bonds is 5. The van der Waals surface area contributed by atoms with Gasteiger partial charge in [-0.15, -0.1) is 0 Å². The number of hydrogen-bond donors (Lipinski definition) is 2. The summed E-state index contributed by atoms with van der Waals surface area (Å²) in [5, 5.41) is 11.8. The van der Waals surface area contributed by atoms with Crippen molar-refractivity contribution in [1.82, 2.24) is 0 Å². The first-order valence-corrected chi connectivity index (χ1v) is 7.32. The Morgan fingerprint density at radius 1 is 1.09 bits per heavy atom. The van der Waals surface area contributed by atoms with E-state index in [9.17, 15) is 4.79 Å². The lowest BCUT2D eigenvalue weighted by Crippen LogP contribution is -2.21. The summed E-state index contributed by atoms with van der Waals surface area (Å²) in [7, 11) is 1.90. The Hall–Kier alpha value is -2.33. The fourth-order valence-corrected chi connectivity index (χ4v) is 2.17. The van der Waals surface area contributed by atoms with Crippen molar-refractivity contribution < 1.29 is 9.90 Å². The molecule has 0 unspecified atom stereocenters. The number of nitrogens with one attached hydrogen (secondary N) is 1. The molecule has 4 nitrogen and oxygen atoms in total. The molecule has 0 heterocycles. The van der Waals surface area contributed by atoms with Crippen LogP contribution in [0, 0.1) is 13.8 Å². The van der Waals surface area contributed by atoms with Gasteiger partial charge in [-0.1, -0.05) is 6.07 Å². The largest absolute Gasteiger partial charge is 0.395 e. The molecule has 0 saturated carbocycles. The fourth-order valence-electron chi connectivity index (χ4n) is 2.17. The van der Waals surface area contributed by atoms with Gasteiger partial charge in [-0.25, -0.2) is 0 Å². The summed E-state index contributed by atoms with van der Waals surface area (Å²) < 4.78 is 0. The van der Waals surface area contributed by atoms with Crippen molar-refractivity contribution in [2.75, 3.05) is 30.4 Å². The predicted octanol–water partition coefficient (Wildman–Crippen LogP) is 2.98. The smallest absolute Gasteiger partial charge is 0.255 e. The molecule has 0 saturated heterocycles. The summed E-state index contributed by atoms with van der Waals surface area (Å²) in [5.74, 6) is -0.125. The Balaban J connectivity index is 2.07. The highest BCUT2D eigenvalue weighted by atomic mass is 16.3. The first-order valence-electron chi connectivity index (χ1n) is 7.32. The van der Waals surface area contributed by atoms with E-state index in [-0.39, 0.29) is 12.5 Å². The highest BCUT2D eigenvalue weighted by Gasteiger charge is 2.08. The first-order chi connectivity index (χ1) is 10.5. The summed E-state index contributed by atoms with van der Waals surface area (Å²) in [4.78, 5) is 14.2. The van der Waals surface area contributed by atoms with Crippen LogP contribution in [0.15, 0.2) is 42.5 Å². The lowest BCUT2D eigenvalue weighted by molar-refractivity contribution is 0.102. The van der Waals surface area contributed by atoms with Crippen molar-refractivity contribution in [3.8, 4) is 0 Å². The molecule has 4 heteroatoms. The lowest BCUT2D eigenvalue weighted by Gasteiger charge is -2.18. The van der Waals surface area contributed by atoms with Gasteiger partial charge in [-0.2, -0.15) is 0 Å². The Kier molecular flexibility index (Phi) is 5.17. The van der Waals surface area contributed by atoms with Gasteiger partial charge in [0.25, 0.3) is 5.91 Å². The van der Waals surface area contributed by atoms with Crippen molar-refractivity contribution in [3.63, 3.8) is 0 Å². The molecule has 2 N–H and O–H groups in total. The van der Waals surface area contributed by atoms with Crippen molar-refractivity contribution >= 4 is 17.3 Å². The van der Waals surface area contributed by atoms with Gasteiger partial charge in [-0.3, -0.25) is 4.79 Å². The molecule has 2 aromatic carbocycles. The van der Waals surface area contributed by atoms with Gasteiger partial charge in [0.1, 0.15) is 0 Å². The first kappa shape index (κ1) is 16.0. The second kappa shape index (κ2) is 7.09. The molecular formula is C18H22N2O2. The zero-order chi connectivity index (χ0) is 16.1. The van der Waals surface area contributed by atoms with Gasteiger partial charge in [0.05, 0.1) is 6.61 Å². The van der Waals surface area contributed by atoms with Gasteiger partial charge in [-0.05, 0) is 61.4 Å². The van der Waals surface area contributed by atoms with E-state index in [0.717, 1.165) is 16.9 Å². The molecule has 0 radical (unpaired) electrons. The molecule has 2 aromatic rings. The Bertz CT molecular complexity index is 651. The minimum absolute atomic E-state index is 0.103. The van der Waals surface area contributed by atoms with Crippen LogP contribution >= 0.6 is 0 Å². The molecule has 0 bridgehead atoms. The van der Waals surface area contributed by atoms with Gasteiger partial charge < -0.3 is 15.3 Å². The van der Waals surface area contributed by atoms with Crippen molar-refractivity contribution in [3.05, 3.63) is 59.2 Å². The van der Waals surface area contributed by atoms with Gasteiger partial charge in [0.15, 0.2) is 0 Å². The standard InChI is InChI=1S/C18H22N2O2/c1-13-4-7-16(12-14(13)2)19-18(22)15-5-8-17(9-6-15)20(3)10-11-21/h4-9,12,21H,10-11H2,1-3H3,(H,19,22). The second-order valence-corrected chi connectivity index (χ2v) is 5.45. The Morgan fingerprint density at radius 2 is 1.77 bits per heavy atom. The monoisotopic (exact) mass is 298 g/mol. The SMILES string of the molecule is Cc1ccc(NC(=O)c2ccc(N(C)CCO)cc2)cc1C. The molecule has 0 atom stereocenters. The van der Waals surface area contributed by atoms with Crippen LogP contribution in [0.4, 0.5) is 11.4 Å². The van der Waals surface area contributed by atoms with Crippen LogP contribution in [0.3, 0.4) is 0 Å². The van der Waals surface area contributed by atoms with Crippen LogP contribution in [0.1, 0.15) is 21.5 Å². The van der Waals surface area contributed by atoms with Crippen LogP contribution in [0.5, 0.6) is 0 Å². The third-order valence-electron chi connectivity index (χ3n) is 3.77. The molecule has 0 aromatic heterocycles. The number of amides is 1. The zero-order valence-corrected chi connectivity index (χ0v) is 13.3. The maximum atomic E-state index is 12.3. The van der Waals surface area contributed by atoms with Crippen molar-refractivity contribution in [2.24, 2.45) is 0 Å². The van der Waals surface area contributed by atoms with E-state index in [1.807, 2.05) is 56.1 Å². The highest BCUT2D eigenvalue weighted by molar-refractivity contribution is 6.04. The number of carbonyl (C=O) groups is 1. The fraction of sp³-hybridized carbons (Fsp3) is 0.278. The third-order valence-corrected chi connectivity index (χ3v) is 3.77. The van der Waals surface area contributed by atoms with Crippen LogP contribution in [-0.4, -0.2) is 31.2 Å². The summed E-state index contributed by atoms with van der Waals surface area (Å²) >= 11 is 0. The van der Waals surface area contributed by atoms with E-state index in [2.05, 4.69) is 5.32 Å². The topological polar surface area (TPSA) is 52.6 Å². The number of anilines is 2. The van der Waals surface area contributed by atoms with E-state index in [0.29, 0.717) is 12.1 Å². The van der Waals surface area contributed by atoms with E-state index in [1.165, 1.54) is 5.56 Å². The molecule has 22 heavy (non-hydrogen) atoms. The average Bonchev–Trinajstić information content (AvgIpc) is 2.51. The summed E-state index contributed by atoms with van der Waals surface area (Å²) in [6, 6.07) is 13.2. The molecule has 116 valence electrons. The average molecular weight is 298 g/mol. The Morgan fingerprint density at radius 3 is 2.36 bits per heavy atom. The number of aliphatic hydroxyl groups excluding tert-OH is 1. The van der Waals surface area contributed by atoms with Crippen molar-refractivity contribution in [1.29, 1.82) is 0 Å². The Labute approximate surface area is 131 Å². The zero-order valence-electron chi connectivity index (χ0n) is 13.3. The number of aryl methyl sites for hydroxylation is 2. The van der Waals surface area contributed by atoms with Gasteiger partial charge >= 0.3 is 0 Å². The number of benzene rings is 2. The minimum atomic E-state index is -0.125. The van der Waals surface area contributed by atoms with E-state index >= 15 is 0 Å². The number of carbonyl (C=O) groups excluding carboxylic acids is 1. The number of nitrogens with zero attached hydrogens (tertiary/aromatic N) is 1. The van der Waals surface area contributed by atoms with Gasteiger partial charge in [0.2, 0.25) is 0 Å². The normalized spacial score (nSPS) is 10.4. The highest BCUT2D eigenvalue weighted by Crippen LogP contribution is 2.17. The molecule has 0 aliphatic carbocycles. The van der Waals surface area contributed by atoms with E-state index in [4.69, 9.17) is 5.11 Å². The molecule has 0 aliphatic rings. The van der Waals surface area contributed by atoms with E-state index in [1.54, 1.807) is 12.1 Å². The summed E-state index contributed by atoms with van der Waals surface area (Å²) in [6.07, 6.45) is 0. The predicted molar refractivity (Wildman–Crippen MR) is 90.7 cm³/mol. The quantitative estimate of drug-likeness (QED) is 0.892. The molecular weight excluding hydrogens is 276 g/mol. The second-order valence-electron chi connectivity index (χ2n) is 5.45. The lowest BCUT2D eigenvalue weighted by atomic mass is 10.1. The maximum absolute atomic E-state index is 12.3. The van der Waals surface area contributed by atoms with Crippen LogP contribution in [0.2, 0.25) is 0 Å². The third kappa shape index (κ3) is 3.86. The number of hydrogen-bond acceptors (Lipinski definition) is 3. The maximum Gasteiger partial charge on any atom is 0.255 e.